The van der Waals surface area contributed by atoms with Crippen molar-refractivity contribution < 1.29 is 9.90 Å². The molecule has 0 aromatic carbocycles. The van der Waals surface area contributed by atoms with E-state index in [1.807, 2.05) is 0 Å². The van der Waals surface area contributed by atoms with Crippen LogP contribution in [-0.2, 0) is 7.05 Å². The van der Waals surface area contributed by atoms with Crippen molar-refractivity contribution in [3.8, 4) is 0 Å². The van der Waals surface area contributed by atoms with Crippen molar-refractivity contribution in [2.45, 2.75) is 31.3 Å². The van der Waals surface area contributed by atoms with Crippen LogP contribution in [-0.4, -0.2) is 44.9 Å². The maximum atomic E-state index is 12.2. The molecule has 1 aliphatic carbocycles. The Morgan fingerprint density at radius 3 is 2.72 bits per heavy atom. The summed E-state index contributed by atoms with van der Waals surface area (Å²) in [6, 6.07) is 0. The number of amides is 1. The molecule has 6 nitrogen and oxygen atoms in total. The van der Waals surface area contributed by atoms with E-state index in [0.29, 0.717) is 12.2 Å². The number of rotatable bonds is 3. The molecule has 0 unspecified atom stereocenters. The summed E-state index contributed by atoms with van der Waals surface area (Å²) < 4.78 is 1.51. The molecule has 3 N–H and O–H groups in total. The fourth-order valence-electron chi connectivity index (χ4n) is 2.56. The lowest BCUT2D eigenvalue weighted by Gasteiger charge is -2.28. The van der Waals surface area contributed by atoms with Crippen LogP contribution in [0.1, 0.15) is 36.2 Å². The van der Waals surface area contributed by atoms with Crippen molar-refractivity contribution in [2.75, 3.05) is 19.3 Å². The van der Waals surface area contributed by atoms with Gasteiger partial charge in [0.2, 0.25) is 0 Å². The van der Waals surface area contributed by atoms with E-state index < -0.39 is 5.60 Å². The van der Waals surface area contributed by atoms with Crippen molar-refractivity contribution >= 4 is 11.6 Å². The third kappa shape index (κ3) is 2.48. The minimum atomic E-state index is -0.742. The third-order valence-corrected chi connectivity index (χ3v) is 3.47. The zero-order chi connectivity index (χ0) is 13.3. The Morgan fingerprint density at radius 2 is 2.22 bits per heavy atom. The second-order valence-electron chi connectivity index (χ2n) is 5.20. The summed E-state index contributed by atoms with van der Waals surface area (Å²) in [5, 5.41) is 14.3. The van der Waals surface area contributed by atoms with Gasteiger partial charge >= 0.3 is 0 Å². The first kappa shape index (κ1) is 12.9. The summed E-state index contributed by atoms with van der Waals surface area (Å²) in [5.74, 6) is -0.242. The van der Waals surface area contributed by atoms with Crippen LogP contribution in [0, 0.1) is 0 Å². The maximum absolute atomic E-state index is 12.2. The van der Waals surface area contributed by atoms with E-state index in [0.717, 1.165) is 25.7 Å². The molecule has 1 aliphatic rings. The quantitative estimate of drug-likeness (QED) is 0.814. The summed E-state index contributed by atoms with van der Waals surface area (Å²) in [6.45, 7) is 0.335. The lowest BCUT2D eigenvalue weighted by atomic mass is 10.0. The minimum absolute atomic E-state index is 0.242. The molecule has 0 bridgehead atoms. The van der Waals surface area contributed by atoms with Gasteiger partial charge in [0.05, 0.1) is 11.3 Å². The van der Waals surface area contributed by atoms with Crippen LogP contribution < -0.4 is 5.73 Å². The number of anilines is 1. The second-order valence-corrected chi connectivity index (χ2v) is 5.20. The largest absolute Gasteiger partial charge is 0.396 e. The monoisotopic (exact) mass is 252 g/mol. The number of aryl methyl sites for hydroxylation is 1. The molecule has 0 spiro atoms. The van der Waals surface area contributed by atoms with Gasteiger partial charge in [-0.3, -0.25) is 9.48 Å². The number of aliphatic hydroxyl groups is 1. The molecular formula is C12H20N4O2. The Bertz CT molecular complexity index is 449. The molecule has 0 atom stereocenters. The van der Waals surface area contributed by atoms with E-state index in [2.05, 4.69) is 5.10 Å². The number of carbonyl (C=O) groups excluding carboxylic acids is 1. The Kier molecular flexibility index (Phi) is 3.30. The number of nitrogen functional groups attached to an aromatic ring is 1. The summed E-state index contributed by atoms with van der Waals surface area (Å²) in [6.07, 6.45) is 5.14. The average molecular weight is 252 g/mol. The van der Waals surface area contributed by atoms with Crippen LogP contribution in [0.5, 0.6) is 0 Å². The first-order chi connectivity index (χ1) is 8.41. The van der Waals surface area contributed by atoms with Gasteiger partial charge in [0.25, 0.3) is 5.91 Å². The molecule has 0 aliphatic heterocycles. The van der Waals surface area contributed by atoms with Gasteiger partial charge in [-0.25, -0.2) is 0 Å². The molecule has 0 saturated heterocycles. The van der Waals surface area contributed by atoms with Gasteiger partial charge in [-0.05, 0) is 12.8 Å². The highest BCUT2D eigenvalue weighted by Gasteiger charge is 2.34. The summed E-state index contributed by atoms with van der Waals surface area (Å²) in [4.78, 5) is 13.7. The van der Waals surface area contributed by atoms with Crippen LogP contribution in [0.2, 0.25) is 0 Å². The van der Waals surface area contributed by atoms with Gasteiger partial charge in [-0.1, -0.05) is 12.8 Å². The van der Waals surface area contributed by atoms with Crippen LogP contribution >= 0.6 is 0 Å². The second kappa shape index (κ2) is 4.61. The molecule has 1 aromatic heterocycles. The molecule has 2 rings (SSSR count). The van der Waals surface area contributed by atoms with Crippen molar-refractivity contribution in [3.05, 3.63) is 11.9 Å². The molecule has 1 heterocycles. The Morgan fingerprint density at radius 1 is 1.61 bits per heavy atom. The highest BCUT2D eigenvalue weighted by Crippen LogP contribution is 2.30. The van der Waals surface area contributed by atoms with Crippen molar-refractivity contribution in [1.29, 1.82) is 0 Å². The Balaban J connectivity index is 2.07. The molecule has 18 heavy (non-hydrogen) atoms. The van der Waals surface area contributed by atoms with Crippen LogP contribution in [0.15, 0.2) is 6.20 Å². The van der Waals surface area contributed by atoms with Gasteiger partial charge in [0.1, 0.15) is 0 Å². The fraction of sp³-hybridized carbons (Fsp3) is 0.667. The van der Waals surface area contributed by atoms with Gasteiger partial charge in [-0.15, -0.1) is 0 Å². The standard InChI is InChI=1S/C12H20N4O2/c1-15(8-12(18)5-3-4-6-12)11(17)10-9(13)7-16(2)14-10/h7,18H,3-6,8,13H2,1-2H3. The minimum Gasteiger partial charge on any atom is -0.396 e. The van der Waals surface area contributed by atoms with Crippen LogP contribution in [0.25, 0.3) is 0 Å². The zero-order valence-corrected chi connectivity index (χ0v) is 10.9. The third-order valence-electron chi connectivity index (χ3n) is 3.47. The van der Waals surface area contributed by atoms with Gasteiger partial charge in [-0.2, -0.15) is 5.10 Å². The predicted octanol–water partition coefficient (Wildman–Crippen LogP) is 0.379. The molecule has 1 amide bonds. The molecule has 6 heteroatoms. The smallest absolute Gasteiger partial charge is 0.276 e. The summed E-state index contributed by atoms with van der Waals surface area (Å²) in [7, 11) is 3.39. The number of nitrogens with two attached hydrogens (primary N) is 1. The lowest BCUT2D eigenvalue weighted by Crippen LogP contribution is -2.42. The van der Waals surface area contributed by atoms with E-state index in [1.54, 1.807) is 20.3 Å². The SMILES string of the molecule is CN(CC1(O)CCCC1)C(=O)c1nn(C)cc1N. The summed E-state index contributed by atoms with van der Waals surface area (Å²) >= 11 is 0. The lowest BCUT2D eigenvalue weighted by molar-refractivity contribution is 0.0155. The number of carbonyl (C=O) groups is 1. The highest BCUT2D eigenvalue weighted by atomic mass is 16.3. The molecular weight excluding hydrogens is 232 g/mol. The number of nitrogens with zero attached hydrogens (tertiary/aromatic N) is 3. The Hall–Kier alpha value is -1.56. The molecule has 1 saturated carbocycles. The first-order valence-electron chi connectivity index (χ1n) is 6.18. The van der Waals surface area contributed by atoms with Crippen LogP contribution in [0.4, 0.5) is 5.69 Å². The van der Waals surface area contributed by atoms with Crippen molar-refractivity contribution in [2.24, 2.45) is 7.05 Å². The fourth-order valence-corrected chi connectivity index (χ4v) is 2.56. The van der Waals surface area contributed by atoms with Gasteiger partial charge in [0, 0.05) is 26.8 Å². The average Bonchev–Trinajstić information content (AvgIpc) is 2.84. The van der Waals surface area contributed by atoms with E-state index in [9.17, 15) is 9.90 Å². The molecule has 1 aromatic rings. The Labute approximate surface area is 106 Å². The van der Waals surface area contributed by atoms with E-state index in [-0.39, 0.29) is 11.6 Å². The number of hydrogen-bond donors (Lipinski definition) is 2. The number of hydrogen-bond acceptors (Lipinski definition) is 4. The first-order valence-corrected chi connectivity index (χ1v) is 6.18. The van der Waals surface area contributed by atoms with Gasteiger partial charge < -0.3 is 15.7 Å². The van der Waals surface area contributed by atoms with Crippen molar-refractivity contribution in [3.63, 3.8) is 0 Å². The molecule has 1 fully saturated rings. The van der Waals surface area contributed by atoms with E-state index in [1.165, 1.54) is 9.58 Å². The van der Waals surface area contributed by atoms with Crippen molar-refractivity contribution in [1.82, 2.24) is 14.7 Å². The topological polar surface area (TPSA) is 84.4 Å². The number of aromatic nitrogens is 2. The summed E-state index contributed by atoms with van der Waals surface area (Å²) in [5.41, 5.74) is 5.61. The predicted molar refractivity (Wildman–Crippen MR) is 68.0 cm³/mol. The number of likely N-dealkylation sites (N-methyl/N-ethyl adjacent to an activating group) is 1. The molecule has 100 valence electrons. The maximum Gasteiger partial charge on any atom is 0.276 e. The normalized spacial score (nSPS) is 17.9. The highest BCUT2D eigenvalue weighted by molar-refractivity contribution is 5.96. The van der Waals surface area contributed by atoms with E-state index in [4.69, 9.17) is 5.73 Å². The van der Waals surface area contributed by atoms with Gasteiger partial charge in [0.15, 0.2) is 5.69 Å². The zero-order valence-electron chi connectivity index (χ0n) is 10.9. The molecule has 0 radical (unpaired) electrons. The van der Waals surface area contributed by atoms with E-state index >= 15 is 0 Å². The van der Waals surface area contributed by atoms with Crippen LogP contribution in [0.3, 0.4) is 0 Å².